The van der Waals surface area contributed by atoms with Gasteiger partial charge in [0.05, 0.1) is 62.0 Å². The Morgan fingerprint density at radius 3 is 1.62 bits per heavy atom. The fraction of sp³-hybridized carbons (Fsp3) is 0.600. The predicted octanol–water partition coefficient (Wildman–Crippen LogP) is 3.58. The number of aromatic nitrogens is 4. The number of urea groups is 2. The summed E-state index contributed by atoms with van der Waals surface area (Å²) in [5.74, 6) is -0.886. The first-order valence-electron chi connectivity index (χ1n) is 23.1. The molecule has 69 heavy (non-hydrogen) atoms. The monoisotopic (exact) mass is 962 g/mol. The normalized spacial score (nSPS) is 24.1. The molecule has 24 heteroatoms. The Labute approximate surface area is 399 Å². The maximum Gasteiger partial charge on any atom is 0.410 e. The van der Waals surface area contributed by atoms with Gasteiger partial charge < -0.3 is 19.3 Å². The minimum absolute atomic E-state index is 0.102. The average Bonchev–Trinajstić information content (AvgIpc) is 4.01. The van der Waals surface area contributed by atoms with Gasteiger partial charge in [0, 0.05) is 38.3 Å². The van der Waals surface area contributed by atoms with Crippen molar-refractivity contribution in [3.8, 4) is 0 Å². The number of amides is 8. The van der Waals surface area contributed by atoms with Crippen molar-refractivity contribution >= 4 is 36.1 Å². The highest BCUT2D eigenvalue weighted by atomic mass is 16.7. The molecule has 2 aromatic heterocycles. The molecule has 0 radical (unpaired) electrons. The third kappa shape index (κ3) is 10.7. The Hall–Kier alpha value is -6.50. The van der Waals surface area contributed by atoms with Crippen molar-refractivity contribution in [3.05, 3.63) is 70.8 Å². The summed E-state index contributed by atoms with van der Waals surface area (Å²) in [4.78, 5) is 99.7. The van der Waals surface area contributed by atoms with Crippen molar-refractivity contribution < 1.29 is 58.0 Å². The fourth-order valence-electron chi connectivity index (χ4n) is 9.21. The molecule has 8 amide bonds. The van der Waals surface area contributed by atoms with E-state index in [-0.39, 0.29) is 37.8 Å². The molecule has 6 atom stereocenters. The molecule has 3 N–H and O–H groups in total. The molecule has 0 aliphatic carbocycles. The summed E-state index contributed by atoms with van der Waals surface area (Å²) in [6.07, 6.45) is 3.17. The van der Waals surface area contributed by atoms with Crippen molar-refractivity contribution in [2.45, 2.75) is 134 Å². The highest BCUT2D eigenvalue weighted by Crippen LogP contribution is 2.34. The number of benzene rings is 1. The predicted molar refractivity (Wildman–Crippen MR) is 238 cm³/mol. The molecular formula is C45H62N12O12. The maximum absolute atomic E-state index is 13.2. The van der Waals surface area contributed by atoms with Gasteiger partial charge in [0.15, 0.2) is 0 Å². The SMILES string of the molecule is Cn1ncc2c1CN(C(=O)OC(C)(C)C)CC2ONC(=O)[C@@H]1CC[C@@H]2CN1C(=O)N2O.Cn1ncc2c1CN(C(=O)OC(C)(C)C)CC2ONC(=O)[C@@H]1CC[C@@H]2CN1C(=O)N2OCc1ccccc1. The van der Waals surface area contributed by atoms with Gasteiger partial charge >= 0.3 is 24.2 Å². The number of hydroxylamine groups is 6. The summed E-state index contributed by atoms with van der Waals surface area (Å²) >= 11 is 0. The van der Waals surface area contributed by atoms with Crippen molar-refractivity contribution in [1.29, 1.82) is 0 Å². The largest absolute Gasteiger partial charge is 0.444 e. The van der Waals surface area contributed by atoms with Gasteiger partial charge in [-0.05, 0) is 72.8 Å². The number of aryl methyl sites for hydroxylation is 2. The van der Waals surface area contributed by atoms with Crippen molar-refractivity contribution in [1.82, 2.24) is 60.2 Å². The van der Waals surface area contributed by atoms with Crippen LogP contribution >= 0.6 is 0 Å². The van der Waals surface area contributed by atoms with Gasteiger partial charge in [-0.1, -0.05) is 30.3 Å². The lowest BCUT2D eigenvalue weighted by atomic mass is 10.0. The van der Waals surface area contributed by atoms with E-state index in [4.69, 9.17) is 24.0 Å². The lowest BCUT2D eigenvalue weighted by Gasteiger charge is -2.34. The molecule has 4 saturated heterocycles. The second kappa shape index (κ2) is 19.5. The van der Waals surface area contributed by atoms with Crippen molar-refractivity contribution in [3.63, 3.8) is 0 Å². The minimum atomic E-state index is -0.722. The van der Waals surface area contributed by atoms with E-state index in [2.05, 4.69) is 21.2 Å². The molecule has 1 aromatic carbocycles. The van der Waals surface area contributed by atoms with Gasteiger partial charge in [-0.25, -0.2) is 35.2 Å². The van der Waals surface area contributed by atoms with Crippen molar-refractivity contribution in [2.75, 3.05) is 26.2 Å². The van der Waals surface area contributed by atoms with E-state index in [9.17, 15) is 34.0 Å². The average molecular weight is 963 g/mol. The van der Waals surface area contributed by atoms with Gasteiger partial charge in [-0.15, -0.1) is 0 Å². The van der Waals surface area contributed by atoms with Crippen LogP contribution in [0, 0.1) is 0 Å². The van der Waals surface area contributed by atoms with E-state index >= 15 is 0 Å². The number of hydrogen-bond acceptors (Lipinski definition) is 14. The number of hydrogen-bond donors (Lipinski definition) is 3. The molecule has 374 valence electrons. The first-order chi connectivity index (χ1) is 32.7. The number of carbonyl (C=O) groups is 6. The molecule has 6 aliphatic heterocycles. The summed E-state index contributed by atoms with van der Waals surface area (Å²) in [6, 6.07) is 6.94. The summed E-state index contributed by atoms with van der Waals surface area (Å²) in [5, 5.41) is 20.4. The molecule has 9 rings (SSSR count). The maximum atomic E-state index is 13.2. The molecule has 8 heterocycles. The Morgan fingerprint density at radius 1 is 0.667 bits per heavy atom. The molecule has 4 fully saturated rings. The van der Waals surface area contributed by atoms with Crippen LogP contribution in [0.2, 0.25) is 0 Å². The van der Waals surface area contributed by atoms with Gasteiger partial charge in [0.1, 0.15) is 42.1 Å². The van der Waals surface area contributed by atoms with Crippen LogP contribution in [0.5, 0.6) is 0 Å². The zero-order valence-electron chi connectivity index (χ0n) is 40.2. The van der Waals surface area contributed by atoms with E-state index in [0.717, 1.165) is 28.1 Å². The number of fused-ring (bicyclic) bond motifs is 6. The molecule has 0 spiro atoms. The summed E-state index contributed by atoms with van der Waals surface area (Å²) in [6.45, 7) is 12.8. The topological polar surface area (TPSA) is 248 Å². The standard InChI is InChI=1S/C26H34N6O6.C19H28N6O6/c1-26(2,3)37-25(35)30-14-21-19(12-27-29(21)4)22(15-30)38-28-23(33)20-11-10-18-13-31(20)24(34)32(18)36-16-17-8-6-5-7-9-17;1-19(2,3)30-18(28)23-9-14-12(7-20-22(14)4)15(10-23)31-21-16(26)13-6-5-11-8-24(13)17(27)25(11)29/h5-9,12,18,20,22H,10-11,13-16H2,1-4H3,(H,28,33);7,11,13,15,29H,5-6,8-10H2,1-4H3,(H,21,26)/t18-,20+,22?;11-,13+,15?/m11/s1. The molecule has 2 unspecified atom stereocenters. The first-order valence-corrected chi connectivity index (χ1v) is 23.1. The van der Waals surface area contributed by atoms with Gasteiger partial charge in [-0.3, -0.25) is 48.5 Å². The molecule has 6 aliphatic rings. The van der Waals surface area contributed by atoms with E-state index in [1.807, 2.05) is 30.3 Å². The Kier molecular flexibility index (Phi) is 13.8. The Morgan fingerprint density at radius 2 is 1.13 bits per heavy atom. The van der Waals surface area contributed by atoms with E-state index in [1.54, 1.807) is 77.4 Å². The van der Waals surface area contributed by atoms with Crippen LogP contribution in [-0.4, -0.2) is 152 Å². The highest BCUT2D eigenvalue weighted by molar-refractivity contribution is 5.88. The Balaban J connectivity index is 0.000000190. The van der Waals surface area contributed by atoms with Crippen LogP contribution in [0.4, 0.5) is 19.2 Å². The van der Waals surface area contributed by atoms with Crippen LogP contribution in [0.15, 0.2) is 42.7 Å². The van der Waals surface area contributed by atoms with Crippen LogP contribution < -0.4 is 11.0 Å². The summed E-state index contributed by atoms with van der Waals surface area (Å²) < 4.78 is 14.3. The number of ether oxygens (including phenoxy) is 2. The lowest BCUT2D eigenvalue weighted by molar-refractivity contribution is -0.146. The number of nitrogens with zero attached hydrogens (tertiary/aromatic N) is 10. The van der Waals surface area contributed by atoms with Crippen LogP contribution in [0.25, 0.3) is 0 Å². The zero-order valence-corrected chi connectivity index (χ0v) is 40.2. The van der Waals surface area contributed by atoms with Crippen LogP contribution in [0.3, 0.4) is 0 Å². The van der Waals surface area contributed by atoms with E-state index < -0.39 is 65.5 Å². The highest BCUT2D eigenvalue weighted by Gasteiger charge is 2.49. The number of piperidine rings is 2. The number of rotatable bonds is 9. The molecule has 4 bridgehead atoms. The third-order valence-corrected chi connectivity index (χ3v) is 12.7. The fourth-order valence-corrected chi connectivity index (χ4v) is 9.21. The quantitative estimate of drug-likeness (QED) is 0.205. The van der Waals surface area contributed by atoms with Crippen molar-refractivity contribution in [2.24, 2.45) is 14.1 Å². The van der Waals surface area contributed by atoms with Gasteiger partial charge in [0.25, 0.3) is 11.8 Å². The smallest absolute Gasteiger partial charge is 0.410 e. The molecular weight excluding hydrogens is 901 g/mol. The van der Waals surface area contributed by atoms with Crippen LogP contribution in [-0.2, 0) is 67.4 Å². The van der Waals surface area contributed by atoms with E-state index in [1.165, 1.54) is 24.7 Å². The molecule has 24 nitrogen and oxygen atoms in total. The Bertz CT molecular complexity index is 2420. The first kappa shape index (κ1) is 48.9. The zero-order chi connectivity index (χ0) is 49.5. The number of nitrogens with one attached hydrogen (secondary N) is 2. The second-order valence-electron chi connectivity index (χ2n) is 20.0. The lowest BCUT2D eigenvalue weighted by Crippen LogP contribution is -2.50. The van der Waals surface area contributed by atoms with Gasteiger partial charge in [0.2, 0.25) is 0 Å². The molecule has 3 aromatic rings. The van der Waals surface area contributed by atoms with E-state index in [0.29, 0.717) is 56.9 Å². The number of carbonyl (C=O) groups excluding carboxylic acids is 6. The summed E-state index contributed by atoms with van der Waals surface area (Å²) in [5.41, 5.74) is 7.80. The summed E-state index contributed by atoms with van der Waals surface area (Å²) in [7, 11) is 3.56. The van der Waals surface area contributed by atoms with Crippen LogP contribution in [0.1, 0.15) is 108 Å². The third-order valence-electron chi connectivity index (χ3n) is 12.7. The minimum Gasteiger partial charge on any atom is -0.444 e. The second-order valence-corrected chi connectivity index (χ2v) is 20.0. The molecule has 0 saturated carbocycles. The van der Waals surface area contributed by atoms with Gasteiger partial charge in [-0.2, -0.15) is 15.3 Å².